The molecule has 1 aromatic heterocycles. The lowest BCUT2D eigenvalue weighted by atomic mass is 10.1. The summed E-state index contributed by atoms with van der Waals surface area (Å²) in [6.07, 6.45) is 2.74. The lowest BCUT2D eigenvalue weighted by Crippen LogP contribution is -2.15. The Morgan fingerprint density at radius 1 is 1.04 bits per heavy atom. The SMILES string of the molecule is Cc1ccc(C(=O)Nc2ccc(N3CCc4ccccc43)nc2)cc1. The predicted molar refractivity (Wildman–Crippen MR) is 101 cm³/mol. The first-order valence-corrected chi connectivity index (χ1v) is 8.40. The van der Waals surface area contributed by atoms with E-state index < -0.39 is 0 Å². The minimum atomic E-state index is -0.124. The van der Waals surface area contributed by atoms with Crippen LogP contribution in [0.15, 0.2) is 66.9 Å². The fourth-order valence-corrected chi connectivity index (χ4v) is 3.10. The van der Waals surface area contributed by atoms with Crippen LogP contribution in [0.3, 0.4) is 0 Å². The zero-order valence-electron chi connectivity index (χ0n) is 14.1. The van der Waals surface area contributed by atoms with Crippen LogP contribution in [0.1, 0.15) is 21.5 Å². The van der Waals surface area contributed by atoms with Crippen LogP contribution in [0.2, 0.25) is 0 Å². The minimum Gasteiger partial charge on any atom is -0.326 e. The first-order valence-electron chi connectivity index (χ1n) is 8.40. The van der Waals surface area contributed by atoms with Gasteiger partial charge >= 0.3 is 0 Å². The molecule has 4 rings (SSSR count). The second kappa shape index (κ2) is 6.40. The van der Waals surface area contributed by atoms with E-state index in [1.54, 1.807) is 6.20 Å². The van der Waals surface area contributed by atoms with Crippen LogP contribution in [-0.2, 0) is 6.42 Å². The van der Waals surface area contributed by atoms with E-state index in [-0.39, 0.29) is 5.91 Å². The number of amides is 1. The summed E-state index contributed by atoms with van der Waals surface area (Å²) in [6, 6.07) is 19.8. The molecule has 0 saturated heterocycles. The van der Waals surface area contributed by atoms with E-state index in [0.29, 0.717) is 11.3 Å². The number of hydrogen-bond donors (Lipinski definition) is 1. The molecule has 3 aromatic rings. The van der Waals surface area contributed by atoms with Crippen molar-refractivity contribution in [1.29, 1.82) is 0 Å². The zero-order chi connectivity index (χ0) is 17.2. The largest absolute Gasteiger partial charge is 0.326 e. The quantitative estimate of drug-likeness (QED) is 0.777. The van der Waals surface area contributed by atoms with Crippen molar-refractivity contribution in [2.45, 2.75) is 13.3 Å². The van der Waals surface area contributed by atoms with Crippen molar-refractivity contribution in [3.05, 3.63) is 83.6 Å². The highest BCUT2D eigenvalue weighted by molar-refractivity contribution is 6.04. The Balaban J connectivity index is 1.49. The van der Waals surface area contributed by atoms with Gasteiger partial charge in [-0.25, -0.2) is 4.98 Å². The van der Waals surface area contributed by atoms with E-state index in [1.165, 1.54) is 11.3 Å². The molecule has 0 aliphatic carbocycles. The monoisotopic (exact) mass is 329 g/mol. The van der Waals surface area contributed by atoms with Gasteiger partial charge in [-0.3, -0.25) is 4.79 Å². The van der Waals surface area contributed by atoms with Gasteiger partial charge in [0, 0.05) is 17.8 Å². The van der Waals surface area contributed by atoms with E-state index in [4.69, 9.17) is 0 Å². The smallest absolute Gasteiger partial charge is 0.255 e. The maximum absolute atomic E-state index is 12.3. The van der Waals surface area contributed by atoms with Gasteiger partial charge in [-0.15, -0.1) is 0 Å². The molecule has 0 spiro atoms. The maximum Gasteiger partial charge on any atom is 0.255 e. The van der Waals surface area contributed by atoms with Crippen LogP contribution in [0.5, 0.6) is 0 Å². The Labute approximate surface area is 147 Å². The van der Waals surface area contributed by atoms with Crippen LogP contribution in [0, 0.1) is 6.92 Å². The molecule has 0 atom stereocenters. The van der Waals surface area contributed by atoms with Crippen LogP contribution < -0.4 is 10.2 Å². The third-order valence-corrected chi connectivity index (χ3v) is 4.48. The van der Waals surface area contributed by atoms with Crippen molar-refractivity contribution >= 4 is 23.1 Å². The zero-order valence-corrected chi connectivity index (χ0v) is 14.1. The van der Waals surface area contributed by atoms with E-state index >= 15 is 0 Å². The summed E-state index contributed by atoms with van der Waals surface area (Å²) in [6.45, 7) is 2.93. The molecule has 2 aromatic carbocycles. The van der Waals surface area contributed by atoms with Gasteiger partial charge in [0.05, 0.1) is 11.9 Å². The molecular weight excluding hydrogens is 310 g/mol. The van der Waals surface area contributed by atoms with Crippen molar-refractivity contribution in [1.82, 2.24) is 4.98 Å². The normalized spacial score (nSPS) is 12.8. The fourth-order valence-electron chi connectivity index (χ4n) is 3.10. The Bertz CT molecular complexity index is 901. The Kier molecular flexibility index (Phi) is 3.94. The molecule has 2 heterocycles. The van der Waals surface area contributed by atoms with Gasteiger partial charge < -0.3 is 10.2 Å². The number of aryl methyl sites for hydroxylation is 1. The lowest BCUT2D eigenvalue weighted by Gasteiger charge is -2.18. The topological polar surface area (TPSA) is 45.2 Å². The van der Waals surface area contributed by atoms with Gasteiger partial charge in [0.25, 0.3) is 5.91 Å². The van der Waals surface area contributed by atoms with Gasteiger partial charge in [-0.1, -0.05) is 35.9 Å². The number of hydrogen-bond acceptors (Lipinski definition) is 3. The van der Waals surface area contributed by atoms with Crippen LogP contribution in [0.4, 0.5) is 17.2 Å². The first-order chi connectivity index (χ1) is 12.2. The van der Waals surface area contributed by atoms with E-state index in [1.807, 2.05) is 49.4 Å². The summed E-state index contributed by atoms with van der Waals surface area (Å²) in [7, 11) is 0. The third kappa shape index (κ3) is 3.11. The molecule has 25 heavy (non-hydrogen) atoms. The fraction of sp³-hybridized carbons (Fsp3) is 0.143. The average Bonchev–Trinajstić information content (AvgIpc) is 3.07. The van der Waals surface area contributed by atoms with Crippen LogP contribution >= 0.6 is 0 Å². The van der Waals surface area contributed by atoms with E-state index in [2.05, 4.69) is 33.4 Å². The molecule has 1 amide bonds. The molecule has 4 nitrogen and oxygen atoms in total. The van der Waals surface area contributed by atoms with E-state index in [9.17, 15) is 4.79 Å². The highest BCUT2D eigenvalue weighted by Gasteiger charge is 2.20. The summed E-state index contributed by atoms with van der Waals surface area (Å²) >= 11 is 0. The molecule has 124 valence electrons. The number of benzene rings is 2. The molecule has 0 bridgehead atoms. The van der Waals surface area contributed by atoms with Crippen molar-refractivity contribution in [3.8, 4) is 0 Å². The number of carbonyl (C=O) groups excluding carboxylic acids is 1. The number of carbonyl (C=O) groups is 1. The van der Waals surface area contributed by atoms with E-state index in [0.717, 1.165) is 24.3 Å². The molecule has 4 heteroatoms. The summed E-state index contributed by atoms with van der Waals surface area (Å²) in [5, 5.41) is 2.89. The molecule has 1 aliphatic rings. The molecule has 0 saturated carbocycles. The van der Waals surface area contributed by atoms with Gasteiger partial charge in [0.15, 0.2) is 0 Å². The molecule has 0 unspecified atom stereocenters. The van der Waals surface area contributed by atoms with Crippen LogP contribution in [0.25, 0.3) is 0 Å². The molecular formula is C21H19N3O. The standard InChI is InChI=1S/C21H19N3O/c1-15-6-8-17(9-7-15)21(25)23-18-10-11-20(22-14-18)24-13-12-16-4-2-3-5-19(16)24/h2-11,14H,12-13H2,1H3,(H,23,25). The summed E-state index contributed by atoms with van der Waals surface area (Å²) in [4.78, 5) is 19.0. The number of fused-ring (bicyclic) bond motifs is 1. The minimum absolute atomic E-state index is 0.124. The number of aromatic nitrogens is 1. The van der Waals surface area contributed by atoms with Gasteiger partial charge in [0.1, 0.15) is 5.82 Å². The number of para-hydroxylation sites is 1. The average molecular weight is 329 g/mol. The number of nitrogens with zero attached hydrogens (tertiary/aromatic N) is 2. The summed E-state index contributed by atoms with van der Waals surface area (Å²) < 4.78 is 0. The second-order valence-electron chi connectivity index (χ2n) is 6.26. The van der Waals surface area contributed by atoms with Gasteiger partial charge in [-0.2, -0.15) is 0 Å². The first kappa shape index (κ1) is 15.4. The third-order valence-electron chi connectivity index (χ3n) is 4.48. The maximum atomic E-state index is 12.3. The highest BCUT2D eigenvalue weighted by Crippen LogP contribution is 2.33. The molecule has 1 aliphatic heterocycles. The molecule has 1 N–H and O–H groups in total. The molecule has 0 fully saturated rings. The van der Waals surface area contributed by atoms with Crippen molar-refractivity contribution in [3.63, 3.8) is 0 Å². The number of pyridine rings is 1. The van der Waals surface area contributed by atoms with Crippen LogP contribution in [-0.4, -0.2) is 17.4 Å². The highest BCUT2D eigenvalue weighted by atomic mass is 16.1. The lowest BCUT2D eigenvalue weighted by molar-refractivity contribution is 0.102. The summed E-state index contributed by atoms with van der Waals surface area (Å²) in [5.41, 5.74) is 5.03. The number of nitrogens with one attached hydrogen (secondary N) is 1. The summed E-state index contributed by atoms with van der Waals surface area (Å²) in [5.74, 6) is 0.777. The number of anilines is 3. The Morgan fingerprint density at radius 3 is 2.60 bits per heavy atom. The van der Waals surface area contributed by atoms with Crippen molar-refractivity contribution in [2.75, 3.05) is 16.8 Å². The predicted octanol–water partition coefficient (Wildman–Crippen LogP) is 4.34. The Morgan fingerprint density at radius 2 is 1.84 bits per heavy atom. The number of rotatable bonds is 3. The van der Waals surface area contributed by atoms with Gasteiger partial charge in [-0.05, 0) is 49.2 Å². The van der Waals surface area contributed by atoms with Crippen molar-refractivity contribution < 1.29 is 4.79 Å². The van der Waals surface area contributed by atoms with Gasteiger partial charge in [0.2, 0.25) is 0 Å². The molecule has 0 radical (unpaired) electrons. The second-order valence-corrected chi connectivity index (χ2v) is 6.26. The van der Waals surface area contributed by atoms with Crippen molar-refractivity contribution in [2.24, 2.45) is 0 Å². The Hall–Kier alpha value is -3.14.